The summed E-state index contributed by atoms with van der Waals surface area (Å²) in [4.78, 5) is 11.8. The summed E-state index contributed by atoms with van der Waals surface area (Å²) in [6, 6.07) is 0. The number of likely N-dealkylation sites (N-methyl/N-ethyl adjacent to an activating group) is 1. The van der Waals surface area contributed by atoms with Gasteiger partial charge in [-0.1, -0.05) is 27.7 Å². The van der Waals surface area contributed by atoms with Crippen molar-refractivity contribution in [3.63, 3.8) is 0 Å². The fraction of sp³-hybridized carbons (Fsp3) is 0.917. The van der Waals surface area contributed by atoms with E-state index in [2.05, 4.69) is 31.4 Å². The Bertz CT molecular complexity index is 200. The molecular formula is C12H26N2O. The predicted molar refractivity (Wildman–Crippen MR) is 64.8 cm³/mol. The van der Waals surface area contributed by atoms with Crippen LogP contribution in [-0.2, 0) is 4.79 Å². The van der Waals surface area contributed by atoms with Gasteiger partial charge < -0.3 is 10.6 Å². The third-order valence-electron chi connectivity index (χ3n) is 2.91. The van der Waals surface area contributed by atoms with Crippen LogP contribution < -0.4 is 10.6 Å². The first-order valence-electron chi connectivity index (χ1n) is 5.84. The predicted octanol–water partition coefficient (Wildman–Crippen LogP) is 1.78. The van der Waals surface area contributed by atoms with Crippen molar-refractivity contribution < 1.29 is 4.79 Å². The Morgan fingerprint density at radius 2 is 1.80 bits per heavy atom. The maximum Gasteiger partial charge on any atom is 0.239 e. The second kappa shape index (κ2) is 6.11. The number of hydrogen-bond donors (Lipinski definition) is 2. The van der Waals surface area contributed by atoms with Gasteiger partial charge in [-0.3, -0.25) is 4.79 Å². The molecule has 1 amide bonds. The second-order valence-electron chi connectivity index (χ2n) is 5.09. The fourth-order valence-corrected chi connectivity index (χ4v) is 1.23. The summed E-state index contributed by atoms with van der Waals surface area (Å²) in [7, 11) is 0. The molecule has 0 fully saturated rings. The maximum atomic E-state index is 11.8. The van der Waals surface area contributed by atoms with E-state index in [-0.39, 0.29) is 5.91 Å². The Morgan fingerprint density at radius 3 is 2.20 bits per heavy atom. The van der Waals surface area contributed by atoms with Crippen LogP contribution in [-0.4, -0.2) is 24.5 Å². The monoisotopic (exact) mass is 214 g/mol. The Hall–Kier alpha value is -0.570. The van der Waals surface area contributed by atoms with Crippen LogP contribution in [0.5, 0.6) is 0 Å². The van der Waals surface area contributed by atoms with Gasteiger partial charge in [0.05, 0.1) is 5.54 Å². The molecule has 0 radical (unpaired) electrons. The highest BCUT2D eigenvalue weighted by Crippen LogP contribution is 2.08. The molecule has 0 aliphatic rings. The average molecular weight is 214 g/mol. The molecule has 0 bridgehead atoms. The molecule has 1 atom stereocenters. The molecule has 0 aliphatic carbocycles. The number of nitrogens with one attached hydrogen (secondary N) is 2. The van der Waals surface area contributed by atoms with E-state index < -0.39 is 5.54 Å². The van der Waals surface area contributed by atoms with E-state index in [1.807, 2.05) is 20.8 Å². The summed E-state index contributed by atoms with van der Waals surface area (Å²) in [6.45, 7) is 13.9. The summed E-state index contributed by atoms with van der Waals surface area (Å²) in [5, 5.41) is 6.15. The van der Waals surface area contributed by atoms with Gasteiger partial charge in [-0.05, 0) is 32.2 Å². The Kier molecular flexibility index (Phi) is 5.88. The minimum absolute atomic E-state index is 0.0804. The van der Waals surface area contributed by atoms with Crippen molar-refractivity contribution in [2.45, 2.75) is 47.1 Å². The molecule has 90 valence electrons. The number of carbonyl (C=O) groups is 1. The summed E-state index contributed by atoms with van der Waals surface area (Å²) < 4.78 is 0. The third-order valence-corrected chi connectivity index (χ3v) is 2.91. The lowest BCUT2D eigenvalue weighted by Crippen LogP contribution is -2.53. The maximum absolute atomic E-state index is 11.8. The zero-order valence-corrected chi connectivity index (χ0v) is 11.0. The van der Waals surface area contributed by atoms with Crippen LogP contribution in [0.2, 0.25) is 0 Å². The third kappa shape index (κ3) is 5.17. The van der Waals surface area contributed by atoms with Gasteiger partial charge in [-0.2, -0.15) is 0 Å². The van der Waals surface area contributed by atoms with Gasteiger partial charge in [0.1, 0.15) is 0 Å². The van der Waals surface area contributed by atoms with Crippen LogP contribution in [0.4, 0.5) is 0 Å². The molecule has 0 saturated carbocycles. The summed E-state index contributed by atoms with van der Waals surface area (Å²) in [5.74, 6) is 1.20. The van der Waals surface area contributed by atoms with Gasteiger partial charge in [0.25, 0.3) is 0 Å². The lowest BCUT2D eigenvalue weighted by atomic mass is 9.97. The second-order valence-corrected chi connectivity index (χ2v) is 5.09. The molecule has 0 aromatic heterocycles. The van der Waals surface area contributed by atoms with Crippen LogP contribution in [0, 0.1) is 11.8 Å². The van der Waals surface area contributed by atoms with Crippen molar-refractivity contribution in [2.75, 3.05) is 13.1 Å². The summed E-state index contributed by atoms with van der Waals surface area (Å²) >= 11 is 0. The molecular weight excluding hydrogens is 188 g/mol. The molecule has 0 rings (SSSR count). The highest BCUT2D eigenvalue weighted by molar-refractivity contribution is 5.85. The highest BCUT2D eigenvalue weighted by atomic mass is 16.2. The zero-order valence-electron chi connectivity index (χ0n) is 11.0. The van der Waals surface area contributed by atoms with Crippen molar-refractivity contribution in [2.24, 2.45) is 11.8 Å². The molecule has 0 aromatic rings. The van der Waals surface area contributed by atoms with Crippen LogP contribution in [0.1, 0.15) is 41.5 Å². The zero-order chi connectivity index (χ0) is 12.1. The van der Waals surface area contributed by atoms with Crippen molar-refractivity contribution in [3.8, 4) is 0 Å². The van der Waals surface area contributed by atoms with E-state index in [0.29, 0.717) is 11.8 Å². The van der Waals surface area contributed by atoms with E-state index in [1.165, 1.54) is 0 Å². The molecule has 0 saturated heterocycles. The topological polar surface area (TPSA) is 41.1 Å². The van der Waals surface area contributed by atoms with Gasteiger partial charge in [0.15, 0.2) is 0 Å². The highest BCUT2D eigenvalue weighted by Gasteiger charge is 2.26. The lowest BCUT2D eigenvalue weighted by Gasteiger charge is -2.26. The molecule has 0 aliphatic heterocycles. The normalized spacial score (nSPS) is 14.1. The van der Waals surface area contributed by atoms with Crippen molar-refractivity contribution >= 4 is 5.91 Å². The Balaban J connectivity index is 4.03. The molecule has 15 heavy (non-hydrogen) atoms. The van der Waals surface area contributed by atoms with Crippen molar-refractivity contribution in [1.29, 1.82) is 0 Å². The van der Waals surface area contributed by atoms with Crippen molar-refractivity contribution in [3.05, 3.63) is 0 Å². The first kappa shape index (κ1) is 14.4. The SMILES string of the molecule is CCNC(C)(C)C(=O)NCC(C)C(C)C. The molecule has 0 aromatic carbocycles. The van der Waals surface area contributed by atoms with E-state index in [0.717, 1.165) is 13.1 Å². The van der Waals surface area contributed by atoms with E-state index >= 15 is 0 Å². The van der Waals surface area contributed by atoms with E-state index in [1.54, 1.807) is 0 Å². The Labute approximate surface area is 94.0 Å². The van der Waals surface area contributed by atoms with E-state index in [9.17, 15) is 4.79 Å². The number of hydrogen-bond acceptors (Lipinski definition) is 2. The molecule has 3 nitrogen and oxygen atoms in total. The first-order valence-corrected chi connectivity index (χ1v) is 5.84. The largest absolute Gasteiger partial charge is 0.354 e. The fourth-order valence-electron chi connectivity index (χ4n) is 1.23. The van der Waals surface area contributed by atoms with Gasteiger partial charge in [-0.25, -0.2) is 0 Å². The number of rotatable bonds is 6. The minimum Gasteiger partial charge on any atom is -0.354 e. The van der Waals surface area contributed by atoms with Crippen molar-refractivity contribution in [1.82, 2.24) is 10.6 Å². The standard InChI is InChI=1S/C12H26N2O/c1-7-14-12(5,6)11(15)13-8-10(4)9(2)3/h9-10,14H,7-8H2,1-6H3,(H,13,15). The van der Waals surface area contributed by atoms with E-state index in [4.69, 9.17) is 0 Å². The minimum atomic E-state index is -0.467. The molecule has 0 spiro atoms. The van der Waals surface area contributed by atoms with Gasteiger partial charge in [0, 0.05) is 6.54 Å². The molecule has 1 unspecified atom stereocenters. The van der Waals surface area contributed by atoms with Crippen LogP contribution in [0.15, 0.2) is 0 Å². The lowest BCUT2D eigenvalue weighted by molar-refractivity contribution is -0.126. The summed E-state index contributed by atoms with van der Waals surface area (Å²) in [5.41, 5.74) is -0.467. The van der Waals surface area contributed by atoms with Gasteiger partial charge in [0.2, 0.25) is 5.91 Å². The number of amides is 1. The van der Waals surface area contributed by atoms with Gasteiger partial charge >= 0.3 is 0 Å². The summed E-state index contributed by atoms with van der Waals surface area (Å²) in [6.07, 6.45) is 0. The van der Waals surface area contributed by atoms with Crippen LogP contribution >= 0.6 is 0 Å². The number of carbonyl (C=O) groups excluding carboxylic acids is 1. The quantitative estimate of drug-likeness (QED) is 0.707. The molecule has 3 heteroatoms. The Morgan fingerprint density at radius 1 is 1.27 bits per heavy atom. The van der Waals surface area contributed by atoms with Crippen LogP contribution in [0.25, 0.3) is 0 Å². The smallest absolute Gasteiger partial charge is 0.239 e. The van der Waals surface area contributed by atoms with Crippen LogP contribution in [0.3, 0.4) is 0 Å². The first-order chi connectivity index (χ1) is 6.81. The van der Waals surface area contributed by atoms with Gasteiger partial charge in [-0.15, -0.1) is 0 Å². The average Bonchev–Trinajstić information content (AvgIpc) is 2.13. The molecule has 0 heterocycles. The molecule has 2 N–H and O–H groups in total.